The number of guanidine groups is 1. The van der Waals surface area contributed by atoms with Crippen LogP contribution in [0.1, 0.15) is 98.8 Å². The third kappa shape index (κ3) is 12.0. The van der Waals surface area contributed by atoms with E-state index < -0.39 is 65.8 Å². The number of carbonyl (C=O) groups excluding carboxylic acids is 2. The Kier molecular flexibility index (Phi) is 17.9. The molecule has 14 nitrogen and oxygen atoms in total. The van der Waals surface area contributed by atoms with Crippen LogP contribution in [0.15, 0.2) is 71.1 Å². The zero-order chi connectivity index (χ0) is 44.5. The van der Waals surface area contributed by atoms with Crippen LogP contribution >= 0.6 is 0 Å². The first-order valence-corrected chi connectivity index (χ1v) is 21.8. The number of hydrogen-bond donors (Lipinski definition) is 11. The Balaban J connectivity index is 1.26. The average molecular weight is 841 g/mol. The summed E-state index contributed by atoms with van der Waals surface area (Å²) in [5.74, 6) is -3.01. The van der Waals surface area contributed by atoms with Crippen molar-refractivity contribution in [3.63, 3.8) is 0 Å². The van der Waals surface area contributed by atoms with Crippen molar-refractivity contribution in [1.29, 1.82) is 5.41 Å². The predicted octanol–water partition coefficient (Wildman–Crippen LogP) is 3.22. The van der Waals surface area contributed by atoms with Crippen molar-refractivity contribution in [2.75, 3.05) is 13.1 Å². The molecule has 2 aliphatic heterocycles. The van der Waals surface area contributed by atoms with Gasteiger partial charge < -0.3 is 56.8 Å². The molecule has 4 aliphatic rings. The number of ketones is 1. The molecule has 12 N–H and O–H groups in total. The molecule has 2 heterocycles. The normalized spacial score (nSPS) is 32.2. The molecule has 3 fully saturated rings. The molecule has 14 atom stereocenters. The lowest BCUT2D eigenvalue weighted by Crippen LogP contribution is -2.53. The summed E-state index contributed by atoms with van der Waals surface area (Å²) in [7, 11) is 0. The molecule has 0 aromatic carbocycles. The standard InChI is InChI=1S/C46H72N4O10/c1-26(37(54)13-7-11-31(51)10-6-12-33(53)24-30-9-8-22-50(30)45(47)48)14-17-32(52)18-15-27(2)41(57)28(3)16-19-35-29(4)23-34-36(20-21-38(55)42(34)58)46(35,5)43(59)40-39(56)25-49-44(40)60/h6-7,10,13-15,17,23,26,28,30-38,41-42,51-55,57-59H,8-9,11-12,16,18-22,24-25H2,1-5H3,(H3,47,48)(H,49,60)/b10-6+,13-7+,17-14+,27-15+,43-40?/t26-,28+,30+,31-,32-,33-,34-,35-,36+,37-,38+,41-,42+,46+/m0/s1. The monoisotopic (exact) mass is 841 g/mol. The molecular formula is C46H72N4O10. The van der Waals surface area contributed by atoms with Gasteiger partial charge >= 0.3 is 0 Å². The van der Waals surface area contributed by atoms with Gasteiger partial charge in [-0.15, -0.1) is 0 Å². The second-order valence-corrected chi connectivity index (χ2v) is 18.0. The summed E-state index contributed by atoms with van der Waals surface area (Å²) in [6.07, 6.45) is 12.9. The van der Waals surface area contributed by atoms with Gasteiger partial charge in [-0.05, 0) is 101 Å². The summed E-state index contributed by atoms with van der Waals surface area (Å²) in [6, 6.07) is 0.0535. The fraction of sp³-hybridized carbons (Fsp3) is 0.674. The number of aliphatic hydroxyl groups is 8. The summed E-state index contributed by atoms with van der Waals surface area (Å²) in [5.41, 5.74) is 5.87. The van der Waals surface area contributed by atoms with Gasteiger partial charge in [0.15, 0.2) is 11.7 Å². The lowest BCUT2D eigenvalue weighted by Gasteiger charge is -2.54. The van der Waals surface area contributed by atoms with Gasteiger partial charge in [-0.25, -0.2) is 0 Å². The first-order valence-electron chi connectivity index (χ1n) is 21.8. The van der Waals surface area contributed by atoms with Crippen molar-refractivity contribution in [2.45, 2.75) is 148 Å². The molecule has 2 aliphatic carbocycles. The Hall–Kier alpha value is -3.63. The number of fused-ring (bicyclic) bond motifs is 1. The molecule has 0 aromatic rings. The van der Waals surface area contributed by atoms with Crippen LogP contribution in [0.2, 0.25) is 0 Å². The number of nitrogens with one attached hydrogen (secondary N) is 2. The van der Waals surface area contributed by atoms with E-state index in [1.54, 1.807) is 49.5 Å². The van der Waals surface area contributed by atoms with Crippen LogP contribution in [-0.2, 0) is 9.59 Å². The number of amides is 1. The van der Waals surface area contributed by atoms with E-state index >= 15 is 0 Å². The van der Waals surface area contributed by atoms with Crippen LogP contribution in [-0.4, -0.2) is 125 Å². The van der Waals surface area contributed by atoms with Gasteiger partial charge in [0.25, 0.3) is 5.91 Å². The molecule has 4 rings (SSSR count). The maximum atomic E-state index is 12.8. The molecule has 60 heavy (non-hydrogen) atoms. The van der Waals surface area contributed by atoms with Gasteiger partial charge in [-0.3, -0.25) is 15.0 Å². The summed E-state index contributed by atoms with van der Waals surface area (Å²) in [4.78, 5) is 27.3. The minimum atomic E-state index is -1.08. The van der Waals surface area contributed by atoms with Gasteiger partial charge in [0.05, 0.1) is 49.3 Å². The second kappa shape index (κ2) is 21.9. The maximum Gasteiger partial charge on any atom is 0.258 e. The van der Waals surface area contributed by atoms with E-state index in [0.717, 1.165) is 25.0 Å². The van der Waals surface area contributed by atoms with Crippen molar-refractivity contribution in [3.05, 3.63) is 71.1 Å². The fourth-order valence-corrected chi connectivity index (χ4v) is 9.89. The van der Waals surface area contributed by atoms with Crippen molar-refractivity contribution >= 4 is 17.6 Å². The number of allylic oxidation sites excluding steroid dienone is 2. The predicted molar refractivity (Wildman–Crippen MR) is 230 cm³/mol. The SMILES string of the molecule is CC1=C[C@@H]2[C@@H](O)[C@H](O)CC[C@H]2[C@](C)(C(O)=C2C(=O)CNC2=O)[C@H]1CC[C@@H](C)[C@@H](O)/C(C)=C/C[C@@H](O)/C=C/[C@H](C)[C@@H](O)/C=C/C[C@@H](O)/C=C/C[C@H](O)C[C@H]1CCCN1C(=N)N. The van der Waals surface area contributed by atoms with Crippen LogP contribution in [0, 0.1) is 40.4 Å². The molecule has 1 saturated carbocycles. The molecule has 0 aromatic heterocycles. The summed E-state index contributed by atoms with van der Waals surface area (Å²) >= 11 is 0. The molecular weight excluding hydrogens is 769 g/mol. The Bertz CT molecular complexity index is 1670. The highest BCUT2D eigenvalue weighted by Gasteiger charge is 2.56. The molecule has 336 valence electrons. The average Bonchev–Trinajstić information content (AvgIpc) is 3.81. The molecule has 2 saturated heterocycles. The van der Waals surface area contributed by atoms with Crippen molar-refractivity contribution in [3.8, 4) is 0 Å². The van der Waals surface area contributed by atoms with Gasteiger partial charge in [-0.1, -0.05) is 75.0 Å². The van der Waals surface area contributed by atoms with Crippen molar-refractivity contribution < 1.29 is 50.4 Å². The highest BCUT2D eigenvalue weighted by molar-refractivity contribution is 6.25. The zero-order valence-corrected chi connectivity index (χ0v) is 36.0. The van der Waals surface area contributed by atoms with Crippen molar-refractivity contribution in [2.24, 2.45) is 40.7 Å². The first-order chi connectivity index (χ1) is 28.3. The van der Waals surface area contributed by atoms with Crippen LogP contribution in [0.4, 0.5) is 0 Å². The number of rotatable bonds is 19. The maximum absolute atomic E-state index is 12.8. The van der Waals surface area contributed by atoms with Crippen LogP contribution in [0.5, 0.6) is 0 Å². The van der Waals surface area contributed by atoms with E-state index in [2.05, 4.69) is 5.32 Å². The third-order valence-corrected chi connectivity index (χ3v) is 13.7. The summed E-state index contributed by atoms with van der Waals surface area (Å²) < 4.78 is 0. The first kappa shape index (κ1) is 49.0. The number of hydrogen-bond acceptors (Lipinski definition) is 11. The second-order valence-electron chi connectivity index (χ2n) is 18.0. The van der Waals surface area contributed by atoms with E-state index in [4.69, 9.17) is 11.1 Å². The van der Waals surface area contributed by atoms with E-state index in [-0.39, 0.29) is 66.4 Å². The van der Waals surface area contributed by atoms with E-state index in [1.165, 1.54) is 0 Å². The summed E-state index contributed by atoms with van der Waals surface area (Å²) in [5, 5.41) is 96.8. The van der Waals surface area contributed by atoms with Crippen molar-refractivity contribution in [1.82, 2.24) is 10.2 Å². The summed E-state index contributed by atoms with van der Waals surface area (Å²) in [6.45, 7) is 9.83. The quantitative estimate of drug-likeness (QED) is 0.0224. The van der Waals surface area contributed by atoms with E-state index in [0.29, 0.717) is 44.1 Å². The lowest BCUT2D eigenvalue weighted by molar-refractivity contribution is -0.118. The van der Waals surface area contributed by atoms with Crippen LogP contribution in [0.3, 0.4) is 0 Å². The molecule has 0 unspecified atom stereocenters. The minimum Gasteiger partial charge on any atom is -0.511 e. The largest absolute Gasteiger partial charge is 0.511 e. The Morgan fingerprint density at radius 2 is 1.68 bits per heavy atom. The van der Waals surface area contributed by atoms with Gasteiger partial charge in [0.2, 0.25) is 0 Å². The minimum absolute atomic E-state index is 0.0272. The fourth-order valence-electron chi connectivity index (χ4n) is 9.89. The van der Waals surface area contributed by atoms with Crippen LogP contribution in [0.25, 0.3) is 0 Å². The Morgan fingerprint density at radius 3 is 2.35 bits per heavy atom. The number of Topliss-reactive ketones (excluding diaryl/α,β-unsaturated/α-hetero) is 1. The Morgan fingerprint density at radius 1 is 1.00 bits per heavy atom. The van der Waals surface area contributed by atoms with Crippen LogP contribution < -0.4 is 11.1 Å². The third-order valence-electron chi connectivity index (χ3n) is 13.7. The molecule has 14 heteroatoms. The molecule has 0 bridgehead atoms. The van der Waals surface area contributed by atoms with Gasteiger partial charge in [-0.2, -0.15) is 0 Å². The topological polar surface area (TPSA) is 261 Å². The van der Waals surface area contributed by atoms with Gasteiger partial charge in [0.1, 0.15) is 11.3 Å². The number of aliphatic hydroxyl groups excluding tert-OH is 8. The molecule has 1 amide bonds. The molecule has 0 spiro atoms. The number of likely N-dealkylation sites (tertiary alicyclic amines) is 1. The lowest BCUT2D eigenvalue weighted by atomic mass is 9.51. The van der Waals surface area contributed by atoms with E-state index in [1.807, 2.05) is 38.7 Å². The van der Waals surface area contributed by atoms with Gasteiger partial charge in [0, 0.05) is 29.8 Å². The molecule has 0 radical (unpaired) electrons. The zero-order valence-electron chi connectivity index (χ0n) is 36.0. The number of carbonyl (C=O) groups is 2. The van der Waals surface area contributed by atoms with E-state index in [9.17, 15) is 50.4 Å². The number of nitrogens with zero attached hydrogens (tertiary/aromatic N) is 1. The smallest absolute Gasteiger partial charge is 0.258 e. The Labute approximate surface area is 355 Å². The highest BCUT2D eigenvalue weighted by Crippen LogP contribution is 2.58. The number of nitrogens with two attached hydrogens (primary N) is 1. The highest BCUT2D eigenvalue weighted by atomic mass is 16.3.